The van der Waals surface area contributed by atoms with E-state index in [-0.39, 0.29) is 30.3 Å². The van der Waals surface area contributed by atoms with Gasteiger partial charge in [0.1, 0.15) is 18.5 Å². The van der Waals surface area contributed by atoms with Crippen molar-refractivity contribution >= 4 is 23.9 Å². The van der Waals surface area contributed by atoms with Crippen LogP contribution >= 0.6 is 0 Å². The zero-order chi connectivity index (χ0) is 22.2. The van der Waals surface area contributed by atoms with Crippen molar-refractivity contribution in [1.29, 1.82) is 0 Å². The summed E-state index contributed by atoms with van der Waals surface area (Å²) in [4.78, 5) is 35.2. The molecule has 0 amide bonds. The molecule has 162 valence electrons. The lowest BCUT2D eigenvalue weighted by atomic mass is 9.97. The lowest BCUT2D eigenvalue weighted by Crippen LogP contribution is -2.28. The van der Waals surface area contributed by atoms with Crippen LogP contribution in [-0.4, -0.2) is 36.5 Å². The number of carbonyl (C=O) groups is 3. The molecule has 1 N–H and O–H groups in total. The van der Waals surface area contributed by atoms with Crippen LogP contribution in [0.4, 0.5) is 5.69 Å². The topological polar surface area (TPSA) is 81.7 Å². The average molecular weight is 421 g/mol. The molecule has 0 bridgehead atoms. The van der Waals surface area contributed by atoms with Crippen molar-refractivity contribution in [3.05, 3.63) is 77.9 Å². The van der Waals surface area contributed by atoms with Gasteiger partial charge < -0.3 is 14.8 Å². The first-order valence-corrected chi connectivity index (χ1v) is 10.4. The number of rotatable bonds is 9. The summed E-state index contributed by atoms with van der Waals surface area (Å²) in [6, 6.07) is 16.3. The predicted molar refractivity (Wildman–Crippen MR) is 118 cm³/mol. The molecule has 0 saturated carbocycles. The zero-order valence-corrected chi connectivity index (χ0v) is 17.7. The van der Waals surface area contributed by atoms with E-state index in [0.29, 0.717) is 12.0 Å². The molecule has 2 aromatic carbocycles. The number of anilines is 1. The molecular formula is C25H27NO5. The molecule has 2 aromatic rings. The van der Waals surface area contributed by atoms with Crippen molar-refractivity contribution in [2.45, 2.75) is 50.9 Å². The SMILES string of the molecule is CC[C@@H](C(=O)OC(C)/C=C/C1OC(=O)CC1Nc1ccc(C=O)cc1)c1ccccc1. The quantitative estimate of drug-likeness (QED) is 0.370. The minimum atomic E-state index is -0.476. The normalized spacial score (nSPS) is 20.1. The maximum Gasteiger partial charge on any atom is 0.313 e. The summed E-state index contributed by atoms with van der Waals surface area (Å²) in [5.41, 5.74) is 2.30. The highest BCUT2D eigenvalue weighted by Gasteiger charge is 2.33. The molecular weight excluding hydrogens is 394 g/mol. The standard InChI is InChI=1S/C25H27NO5/c1-3-21(19-7-5-4-6-8-19)25(29)30-17(2)9-14-23-22(15-24(28)31-23)26-20-12-10-18(16-27)11-13-20/h4-14,16-17,21-23,26H,3,15H2,1-2H3/b14-9+/t17?,21-,22?,23?/m1/s1. The van der Waals surface area contributed by atoms with Crippen LogP contribution in [0, 0.1) is 0 Å². The third-order valence-corrected chi connectivity index (χ3v) is 5.22. The number of carbonyl (C=O) groups excluding carboxylic acids is 3. The second-order valence-corrected chi connectivity index (χ2v) is 7.55. The Morgan fingerprint density at radius 2 is 1.90 bits per heavy atom. The number of hydrogen-bond donors (Lipinski definition) is 1. The molecule has 31 heavy (non-hydrogen) atoms. The van der Waals surface area contributed by atoms with Crippen molar-refractivity contribution in [3.8, 4) is 0 Å². The summed E-state index contributed by atoms with van der Waals surface area (Å²) in [7, 11) is 0. The Labute approximate surface area is 182 Å². The maximum atomic E-state index is 12.6. The van der Waals surface area contributed by atoms with Crippen LogP contribution in [-0.2, 0) is 19.1 Å². The highest BCUT2D eigenvalue weighted by molar-refractivity contribution is 5.78. The molecule has 0 spiro atoms. The lowest BCUT2D eigenvalue weighted by molar-refractivity contribution is -0.148. The lowest BCUT2D eigenvalue weighted by Gasteiger charge is -2.19. The summed E-state index contributed by atoms with van der Waals surface area (Å²) in [6.07, 6.45) is 4.21. The van der Waals surface area contributed by atoms with Gasteiger partial charge in [-0.2, -0.15) is 0 Å². The third-order valence-electron chi connectivity index (χ3n) is 5.22. The number of cyclic esters (lactones) is 1. The molecule has 6 heteroatoms. The number of benzene rings is 2. The maximum absolute atomic E-state index is 12.6. The van der Waals surface area contributed by atoms with Gasteiger partial charge in [0, 0.05) is 11.3 Å². The van der Waals surface area contributed by atoms with E-state index >= 15 is 0 Å². The van der Waals surface area contributed by atoms with Crippen molar-refractivity contribution in [3.63, 3.8) is 0 Å². The van der Waals surface area contributed by atoms with Crippen LogP contribution in [0.1, 0.15) is 48.5 Å². The van der Waals surface area contributed by atoms with Gasteiger partial charge in [0.25, 0.3) is 0 Å². The summed E-state index contributed by atoms with van der Waals surface area (Å²) < 4.78 is 11.0. The van der Waals surface area contributed by atoms with E-state index in [4.69, 9.17) is 9.47 Å². The predicted octanol–water partition coefficient (Wildman–Crippen LogP) is 4.28. The molecule has 1 aliphatic heterocycles. The molecule has 1 saturated heterocycles. The van der Waals surface area contributed by atoms with Gasteiger partial charge in [-0.3, -0.25) is 14.4 Å². The van der Waals surface area contributed by atoms with Gasteiger partial charge in [0.2, 0.25) is 0 Å². The van der Waals surface area contributed by atoms with Crippen molar-refractivity contribution < 1.29 is 23.9 Å². The molecule has 0 radical (unpaired) electrons. The Hall–Kier alpha value is -3.41. The fourth-order valence-electron chi connectivity index (χ4n) is 3.55. The van der Waals surface area contributed by atoms with E-state index < -0.39 is 12.2 Å². The van der Waals surface area contributed by atoms with Crippen molar-refractivity contribution in [2.24, 2.45) is 0 Å². The minimum Gasteiger partial charge on any atom is -0.458 e. The Balaban J connectivity index is 1.59. The Kier molecular flexibility index (Phi) is 7.60. The first kappa shape index (κ1) is 22.3. The summed E-state index contributed by atoms with van der Waals surface area (Å²) in [5.74, 6) is -0.888. The highest BCUT2D eigenvalue weighted by atomic mass is 16.6. The largest absolute Gasteiger partial charge is 0.458 e. The van der Waals surface area contributed by atoms with E-state index in [0.717, 1.165) is 17.5 Å². The van der Waals surface area contributed by atoms with Gasteiger partial charge in [-0.05, 0) is 55.3 Å². The first-order valence-electron chi connectivity index (χ1n) is 10.4. The number of ether oxygens (including phenoxy) is 2. The van der Waals surface area contributed by atoms with Crippen LogP contribution in [0.5, 0.6) is 0 Å². The average Bonchev–Trinajstić information content (AvgIpc) is 3.13. The summed E-state index contributed by atoms with van der Waals surface area (Å²) in [5, 5.41) is 3.27. The number of aldehydes is 1. The van der Waals surface area contributed by atoms with Crippen LogP contribution in [0.2, 0.25) is 0 Å². The highest BCUT2D eigenvalue weighted by Crippen LogP contribution is 2.23. The fraction of sp³-hybridized carbons (Fsp3) is 0.320. The molecule has 4 atom stereocenters. The zero-order valence-electron chi connectivity index (χ0n) is 17.7. The first-order chi connectivity index (χ1) is 15.0. The van der Waals surface area contributed by atoms with Gasteiger partial charge in [-0.15, -0.1) is 0 Å². The minimum absolute atomic E-state index is 0.227. The van der Waals surface area contributed by atoms with Gasteiger partial charge in [0.15, 0.2) is 0 Å². The summed E-state index contributed by atoms with van der Waals surface area (Å²) >= 11 is 0. The molecule has 3 unspecified atom stereocenters. The molecule has 1 heterocycles. The van der Waals surface area contributed by atoms with E-state index in [2.05, 4.69) is 5.32 Å². The number of nitrogens with one attached hydrogen (secondary N) is 1. The van der Waals surface area contributed by atoms with Crippen LogP contribution in [0.25, 0.3) is 0 Å². The smallest absolute Gasteiger partial charge is 0.313 e. The second-order valence-electron chi connectivity index (χ2n) is 7.55. The number of esters is 2. The van der Waals surface area contributed by atoms with Gasteiger partial charge in [0.05, 0.1) is 18.4 Å². The second kappa shape index (κ2) is 10.6. The van der Waals surface area contributed by atoms with Crippen LogP contribution in [0.15, 0.2) is 66.7 Å². The Bertz CT molecular complexity index is 923. The van der Waals surface area contributed by atoms with Crippen LogP contribution < -0.4 is 5.32 Å². The Morgan fingerprint density at radius 1 is 1.19 bits per heavy atom. The van der Waals surface area contributed by atoms with E-state index in [1.165, 1.54) is 0 Å². The number of hydrogen-bond acceptors (Lipinski definition) is 6. The molecule has 0 aliphatic carbocycles. The third kappa shape index (κ3) is 6.04. The van der Waals surface area contributed by atoms with Crippen molar-refractivity contribution in [1.82, 2.24) is 0 Å². The van der Waals surface area contributed by atoms with Gasteiger partial charge >= 0.3 is 11.9 Å². The fourth-order valence-corrected chi connectivity index (χ4v) is 3.55. The molecule has 3 rings (SSSR count). The van der Waals surface area contributed by atoms with Gasteiger partial charge in [-0.1, -0.05) is 37.3 Å². The monoisotopic (exact) mass is 421 g/mol. The molecule has 6 nitrogen and oxygen atoms in total. The molecule has 1 aliphatic rings. The summed E-state index contributed by atoms with van der Waals surface area (Å²) in [6.45, 7) is 3.73. The Morgan fingerprint density at radius 3 is 2.55 bits per heavy atom. The van der Waals surface area contributed by atoms with E-state index in [1.54, 1.807) is 43.3 Å². The molecule has 1 fully saturated rings. The van der Waals surface area contributed by atoms with E-state index in [1.807, 2.05) is 37.3 Å². The van der Waals surface area contributed by atoms with Gasteiger partial charge in [-0.25, -0.2) is 0 Å². The van der Waals surface area contributed by atoms with Crippen LogP contribution in [0.3, 0.4) is 0 Å². The molecule has 0 aromatic heterocycles. The van der Waals surface area contributed by atoms with E-state index in [9.17, 15) is 14.4 Å². The van der Waals surface area contributed by atoms with Crippen molar-refractivity contribution in [2.75, 3.05) is 5.32 Å².